The molecule has 5 nitrogen and oxygen atoms in total. The first kappa shape index (κ1) is 22.0. The minimum absolute atomic E-state index is 0.0489. The number of rotatable bonds is 6. The number of aryl methyl sites for hydroxylation is 3. The maximum Gasteiger partial charge on any atom is 0.243 e. The van der Waals surface area contributed by atoms with Crippen LogP contribution >= 0.6 is 0 Å². The summed E-state index contributed by atoms with van der Waals surface area (Å²) in [4.78, 5) is 13.3. The van der Waals surface area contributed by atoms with Gasteiger partial charge in [0.2, 0.25) is 15.9 Å². The van der Waals surface area contributed by atoms with E-state index in [0.29, 0.717) is 0 Å². The van der Waals surface area contributed by atoms with Crippen LogP contribution in [0.3, 0.4) is 0 Å². The Morgan fingerprint density at radius 3 is 2.48 bits per heavy atom. The van der Waals surface area contributed by atoms with Crippen LogP contribution in [-0.2, 0) is 21.2 Å². The smallest absolute Gasteiger partial charge is 0.243 e. The largest absolute Gasteiger partial charge is 0.348 e. The fraction of sp³-hybridized carbons (Fsp3) is 0.480. The van der Waals surface area contributed by atoms with E-state index < -0.39 is 10.0 Å². The van der Waals surface area contributed by atoms with E-state index in [4.69, 9.17) is 0 Å². The fourth-order valence-corrected chi connectivity index (χ4v) is 6.62. The number of amides is 1. The lowest BCUT2D eigenvalue weighted by atomic mass is 9.88. The van der Waals surface area contributed by atoms with Crippen molar-refractivity contribution in [1.82, 2.24) is 9.62 Å². The normalized spacial score (nSPS) is 19.4. The molecular weight excluding hydrogens is 408 g/mol. The molecule has 2 aromatic carbocycles. The molecule has 6 heteroatoms. The van der Waals surface area contributed by atoms with Crippen molar-refractivity contribution in [3.05, 3.63) is 64.7 Å². The fourth-order valence-electron chi connectivity index (χ4n) is 4.90. The van der Waals surface area contributed by atoms with Crippen molar-refractivity contribution in [3.8, 4) is 0 Å². The highest BCUT2D eigenvalue weighted by molar-refractivity contribution is 7.89. The van der Waals surface area contributed by atoms with Gasteiger partial charge in [0.15, 0.2) is 0 Å². The summed E-state index contributed by atoms with van der Waals surface area (Å²) in [6.45, 7) is 3.76. The molecule has 0 radical (unpaired) electrons. The number of nitrogens with one attached hydrogen (secondary N) is 1. The molecule has 1 N–H and O–H groups in total. The SMILES string of the molecule is Cc1ccc(S(=O)(=O)N(CC(=O)N[C@@H]2CCCc3ccccc32)C2CCCC2)cc1C. The number of benzene rings is 2. The molecule has 2 aliphatic carbocycles. The third kappa shape index (κ3) is 4.70. The summed E-state index contributed by atoms with van der Waals surface area (Å²) in [7, 11) is -3.75. The first-order chi connectivity index (χ1) is 14.9. The molecule has 0 unspecified atom stereocenters. The first-order valence-corrected chi connectivity index (χ1v) is 12.8. The number of sulfonamides is 1. The molecule has 0 bridgehead atoms. The van der Waals surface area contributed by atoms with E-state index in [1.54, 1.807) is 12.1 Å². The summed E-state index contributed by atoms with van der Waals surface area (Å²) >= 11 is 0. The zero-order valence-corrected chi connectivity index (χ0v) is 19.2. The standard InChI is InChI=1S/C25H32N2O3S/c1-18-14-15-22(16-19(18)2)31(29,30)27(21-10-4-5-11-21)17-25(28)26-24-13-7-9-20-8-3-6-12-23(20)24/h3,6,8,12,14-16,21,24H,4-5,7,9-11,13,17H2,1-2H3,(H,26,28)/t24-/m1/s1. The van der Waals surface area contributed by atoms with E-state index in [-0.39, 0.29) is 29.4 Å². The van der Waals surface area contributed by atoms with E-state index in [9.17, 15) is 13.2 Å². The minimum atomic E-state index is -3.75. The maximum absolute atomic E-state index is 13.6. The summed E-state index contributed by atoms with van der Waals surface area (Å²) in [6.07, 6.45) is 6.55. The lowest BCUT2D eigenvalue weighted by Gasteiger charge is -2.30. The van der Waals surface area contributed by atoms with Gasteiger partial charge in [-0.05, 0) is 80.3 Å². The van der Waals surface area contributed by atoms with Gasteiger partial charge in [-0.15, -0.1) is 0 Å². The van der Waals surface area contributed by atoms with Crippen LogP contribution in [0.2, 0.25) is 0 Å². The Kier molecular flexibility index (Phi) is 6.49. The second-order valence-electron chi connectivity index (χ2n) is 8.95. The predicted molar refractivity (Wildman–Crippen MR) is 122 cm³/mol. The van der Waals surface area contributed by atoms with Crippen molar-refractivity contribution in [2.75, 3.05) is 6.54 Å². The molecule has 1 saturated carbocycles. The number of carbonyl (C=O) groups excluding carboxylic acids is 1. The van der Waals surface area contributed by atoms with Gasteiger partial charge in [0.25, 0.3) is 0 Å². The molecule has 0 heterocycles. The van der Waals surface area contributed by atoms with E-state index in [2.05, 4.69) is 17.4 Å². The molecule has 1 atom stereocenters. The van der Waals surface area contributed by atoms with E-state index in [1.807, 2.05) is 32.0 Å². The average Bonchev–Trinajstić information content (AvgIpc) is 3.28. The second-order valence-corrected chi connectivity index (χ2v) is 10.8. The van der Waals surface area contributed by atoms with Crippen molar-refractivity contribution in [1.29, 1.82) is 0 Å². The van der Waals surface area contributed by atoms with Crippen molar-refractivity contribution in [2.45, 2.75) is 75.8 Å². The molecular formula is C25H32N2O3S. The highest BCUT2D eigenvalue weighted by Crippen LogP contribution is 2.31. The number of carbonyl (C=O) groups is 1. The minimum Gasteiger partial charge on any atom is -0.348 e. The van der Waals surface area contributed by atoms with Gasteiger partial charge in [-0.25, -0.2) is 8.42 Å². The van der Waals surface area contributed by atoms with Gasteiger partial charge in [-0.1, -0.05) is 43.2 Å². The summed E-state index contributed by atoms with van der Waals surface area (Å²) in [5.41, 5.74) is 4.43. The predicted octanol–water partition coefficient (Wildman–Crippen LogP) is 4.43. The average molecular weight is 441 g/mol. The quantitative estimate of drug-likeness (QED) is 0.723. The maximum atomic E-state index is 13.6. The van der Waals surface area contributed by atoms with Gasteiger partial charge in [-0.2, -0.15) is 4.31 Å². The van der Waals surface area contributed by atoms with Crippen molar-refractivity contribution in [2.24, 2.45) is 0 Å². The van der Waals surface area contributed by atoms with Gasteiger partial charge in [0.05, 0.1) is 17.5 Å². The van der Waals surface area contributed by atoms with E-state index in [1.165, 1.54) is 9.87 Å². The summed E-state index contributed by atoms with van der Waals surface area (Å²) in [6, 6.07) is 13.3. The number of fused-ring (bicyclic) bond motifs is 1. The van der Waals surface area contributed by atoms with Crippen LogP contribution in [0.4, 0.5) is 0 Å². The molecule has 31 heavy (non-hydrogen) atoms. The molecule has 4 rings (SSSR count). The number of hydrogen-bond donors (Lipinski definition) is 1. The zero-order chi connectivity index (χ0) is 22.0. The molecule has 2 aromatic rings. The Labute approximate surface area is 185 Å². The van der Waals surface area contributed by atoms with Gasteiger partial charge in [0, 0.05) is 6.04 Å². The zero-order valence-electron chi connectivity index (χ0n) is 18.4. The molecule has 166 valence electrons. The Morgan fingerprint density at radius 2 is 1.74 bits per heavy atom. The molecule has 0 aliphatic heterocycles. The third-order valence-electron chi connectivity index (χ3n) is 6.82. The number of hydrogen-bond acceptors (Lipinski definition) is 3. The van der Waals surface area contributed by atoms with Crippen LogP contribution in [0.25, 0.3) is 0 Å². The van der Waals surface area contributed by atoms with Crippen LogP contribution in [-0.4, -0.2) is 31.2 Å². The van der Waals surface area contributed by atoms with Gasteiger partial charge < -0.3 is 5.32 Å². The van der Waals surface area contributed by atoms with Crippen molar-refractivity contribution in [3.63, 3.8) is 0 Å². The summed E-state index contributed by atoms with van der Waals surface area (Å²) < 4.78 is 28.6. The van der Waals surface area contributed by atoms with Crippen LogP contribution in [0, 0.1) is 13.8 Å². The Bertz CT molecular complexity index is 1060. The Balaban J connectivity index is 1.56. The van der Waals surface area contributed by atoms with Crippen LogP contribution in [0.15, 0.2) is 47.4 Å². The lowest BCUT2D eigenvalue weighted by Crippen LogP contribution is -2.46. The van der Waals surface area contributed by atoms with Gasteiger partial charge >= 0.3 is 0 Å². The van der Waals surface area contributed by atoms with Crippen LogP contribution < -0.4 is 5.32 Å². The Hall–Kier alpha value is -2.18. The monoisotopic (exact) mass is 440 g/mol. The van der Waals surface area contributed by atoms with Crippen molar-refractivity contribution < 1.29 is 13.2 Å². The molecule has 0 saturated heterocycles. The summed E-state index contributed by atoms with van der Waals surface area (Å²) in [5, 5.41) is 3.13. The van der Waals surface area contributed by atoms with Crippen LogP contribution in [0.1, 0.15) is 66.8 Å². The van der Waals surface area contributed by atoms with Crippen LogP contribution in [0.5, 0.6) is 0 Å². The van der Waals surface area contributed by atoms with E-state index >= 15 is 0 Å². The molecule has 1 amide bonds. The highest BCUT2D eigenvalue weighted by Gasteiger charge is 2.35. The molecule has 1 fully saturated rings. The van der Waals surface area contributed by atoms with Gasteiger partial charge in [0.1, 0.15) is 0 Å². The second kappa shape index (κ2) is 9.13. The third-order valence-corrected chi connectivity index (χ3v) is 8.72. The lowest BCUT2D eigenvalue weighted by molar-refractivity contribution is -0.122. The molecule has 0 aromatic heterocycles. The van der Waals surface area contributed by atoms with Gasteiger partial charge in [-0.3, -0.25) is 4.79 Å². The highest BCUT2D eigenvalue weighted by atomic mass is 32.2. The number of nitrogens with zero attached hydrogens (tertiary/aromatic N) is 1. The molecule has 0 spiro atoms. The topological polar surface area (TPSA) is 66.5 Å². The summed E-state index contributed by atoms with van der Waals surface area (Å²) in [5.74, 6) is -0.221. The Morgan fingerprint density at radius 1 is 1.00 bits per heavy atom. The van der Waals surface area contributed by atoms with E-state index in [0.717, 1.165) is 61.6 Å². The van der Waals surface area contributed by atoms with Crippen molar-refractivity contribution >= 4 is 15.9 Å². The first-order valence-electron chi connectivity index (χ1n) is 11.3. The molecule has 2 aliphatic rings.